The number of rotatable bonds is 5. The molecule has 3 aromatic carbocycles. The minimum Gasteiger partial charge on any atom is -0.334 e. The second-order valence-electron chi connectivity index (χ2n) is 7.42. The molecule has 144 valence electrons. The number of carbonyl (C=O) groups excluding carboxylic acids is 1. The number of hydrogen-bond acceptors (Lipinski definition) is 3. The van der Waals surface area contributed by atoms with Crippen LogP contribution in [0.3, 0.4) is 0 Å². The molecule has 0 N–H and O–H groups in total. The summed E-state index contributed by atoms with van der Waals surface area (Å²) < 4.78 is 24.0. The molecule has 1 aliphatic heterocycles. The van der Waals surface area contributed by atoms with Crippen LogP contribution in [-0.2, 0) is 27.6 Å². The van der Waals surface area contributed by atoms with Gasteiger partial charge in [0.1, 0.15) is 0 Å². The van der Waals surface area contributed by atoms with Gasteiger partial charge in [0.15, 0.2) is 9.84 Å². The van der Waals surface area contributed by atoms with Crippen molar-refractivity contribution >= 4 is 26.5 Å². The Morgan fingerprint density at radius 1 is 0.893 bits per heavy atom. The molecule has 0 aromatic heterocycles. The third kappa shape index (κ3) is 4.25. The number of fused-ring (bicyclic) bond motifs is 1. The second kappa shape index (κ2) is 7.76. The van der Waals surface area contributed by atoms with Crippen LogP contribution < -0.4 is 0 Å². The van der Waals surface area contributed by atoms with Gasteiger partial charge in [0.2, 0.25) is 5.91 Å². The highest BCUT2D eigenvalue weighted by Crippen LogP contribution is 2.22. The topological polar surface area (TPSA) is 54.5 Å². The van der Waals surface area contributed by atoms with Crippen molar-refractivity contribution in [2.45, 2.75) is 25.4 Å². The Kier molecular flexibility index (Phi) is 5.18. The van der Waals surface area contributed by atoms with E-state index in [0.29, 0.717) is 13.0 Å². The summed E-state index contributed by atoms with van der Waals surface area (Å²) in [4.78, 5) is 14.9. The predicted octanol–water partition coefficient (Wildman–Crippen LogP) is 3.60. The molecule has 28 heavy (non-hydrogen) atoms. The highest BCUT2D eigenvalue weighted by molar-refractivity contribution is 7.91. The lowest BCUT2D eigenvalue weighted by Gasteiger charge is -2.28. The number of carbonyl (C=O) groups is 1. The van der Waals surface area contributed by atoms with Gasteiger partial charge in [-0.3, -0.25) is 4.79 Å². The molecule has 1 amide bonds. The first-order chi connectivity index (χ1) is 13.5. The Balaban J connectivity index is 1.58. The summed E-state index contributed by atoms with van der Waals surface area (Å²) in [6, 6.07) is 23.6. The molecule has 1 aliphatic rings. The van der Waals surface area contributed by atoms with Crippen LogP contribution in [0, 0.1) is 0 Å². The number of benzene rings is 3. The normalized spacial score (nSPS) is 18.2. The number of sulfone groups is 1. The van der Waals surface area contributed by atoms with E-state index in [9.17, 15) is 13.2 Å². The van der Waals surface area contributed by atoms with E-state index in [4.69, 9.17) is 0 Å². The lowest BCUT2D eigenvalue weighted by atomic mass is 10.0. The summed E-state index contributed by atoms with van der Waals surface area (Å²) in [7, 11) is -3.06. The van der Waals surface area contributed by atoms with Crippen LogP contribution in [0.5, 0.6) is 0 Å². The van der Waals surface area contributed by atoms with E-state index in [1.807, 2.05) is 72.8 Å². The van der Waals surface area contributed by atoms with Gasteiger partial charge < -0.3 is 4.90 Å². The van der Waals surface area contributed by atoms with E-state index in [-0.39, 0.29) is 29.9 Å². The summed E-state index contributed by atoms with van der Waals surface area (Å²) in [5, 5.41) is 2.24. The minimum atomic E-state index is -3.06. The largest absolute Gasteiger partial charge is 0.334 e. The fourth-order valence-corrected chi connectivity index (χ4v) is 5.58. The summed E-state index contributed by atoms with van der Waals surface area (Å²) in [5.74, 6) is 0.191. The highest BCUT2D eigenvalue weighted by atomic mass is 32.2. The van der Waals surface area contributed by atoms with Gasteiger partial charge in [-0.15, -0.1) is 0 Å². The van der Waals surface area contributed by atoms with Gasteiger partial charge in [0, 0.05) is 12.6 Å². The van der Waals surface area contributed by atoms with E-state index >= 15 is 0 Å². The summed E-state index contributed by atoms with van der Waals surface area (Å²) in [5.41, 5.74) is 1.96. The first-order valence-corrected chi connectivity index (χ1v) is 11.3. The third-order valence-corrected chi connectivity index (χ3v) is 7.08. The average Bonchev–Trinajstić information content (AvgIpc) is 3.06. The van der Waals surface area contributed by atoms with Crippen LogP contribution in [0.15, 0.2) is 72.8 Å². The molecule has 1 heterocycles. The standard InChI is InChI=1S/C23H23NO3S/c25-23(15-19-10-11-20-8-4-5-9-21(20)14-19)24(16-18-6-2-1-3-7-18)22-12-13-28(26,27)17-22/h1-11,14,22H,12-13,15-17H2. The zero-order valence-corrected chi connectivity index (χ0v) is 16.4. The minimum absolute atomic E-state index is 0.0266. The van der Waals surface area contributed by atoms with Gasteiger partial charge in [-0.1, -0.05) is 72.8 Å². The Bertz CT molecular complexity index is 1090. The molecule has 5 heteroatoms. The zero-order valence-electron chi connectivity index (χ0n) is 15.6. The molecule has 1 unspecified atom stereocenters. The van der Waals surface area contributed by atoms with Gasteiger partial charge in [0.25, 0.3) is 0 Å². The molecule has 0 saturated carbocycles. The number of nitrogens with zero attached hydrogens (tertiary/aromatic N) is 1. The number of amides is 1. The molecular weight excluding hydrogens is 370 g/mol. The van der Waals surface area contributed by atoms with E-state index in [2.05, 4.69) is 0 Å². The summed E-state index contributed by atoms with van der Waals surface area (Å²) in [6.45, 7) is 0.438. The average molecular weight is 394 g/mol. The van der Waals surface area contributed by atoms with E-state index in [1.54, 1.807) is 4.90 Å². The van der Waals surface area contributed by atoms with E-state index in [1.165, 1.54) is 0 Å². The van der Waals surface area contributed by atoms with Crippen LogP contribution >= 0.6 is 0 Å². The van der Waals surface area contributed by atoms with Crippen molar-refractivity contribution in [2.75, 3.05) is 11.5 Å². The van der Waals surface area contributed by atoms with Crippen LogP contribution in [0.25, 0.3) is 10.8 Å². The molecule has 4 nitrogen and oxygen atoms in total. The van der Waals surface area contributed by atoms with Crippen molar-refractivity contribution in [2.24, 2.45) is 0 Å². The van der Waals surface area contributed by atoms with Crippen molar-refractivity contribution in [1.82, 2.24) is 4.90 Å². The van der Waals surface area contributed by atoms with Crippen molar-refractivity contribution < 1.29 is 13.2 Å². The summed E-state index contributed by atoms with van der Waals surface area (Å²) >= 11 is 0. The first-order valence-electron chi connectivity index (χ1n) is 9.52. The predicted molar refractivity (Wildman–Crippen MR) is 112 cm³/mol. The van der Waals surface area contributed by atoms with Gasteiger partial charge in [-0.2, -0.15) is 0 Å². The molecule has 1 fully saturated rings. The Morgan fingerprint density at radius 3 is 2.32 bits per heavy atom. The van der Waals surface area contributed by atoms with Gasteiger partial charge in [-0.25, -0.2) is 8.42 Å². The third-order valence-electron chi connectivity index (χ3n) is 5.33. The lowest BCUT2D eigenvalue weighted by Crippen LogP contribution is -2.41. The Morgan fingerprint density at radius 2 is 1.61 bits per heavy atom. The van der Waals surface area contributed by atoms with Crippen LogP contribution in [0.2, 0.25) is 0 Å². The molecule has 0 aliphatic carbocycles. The van der Waals surface area contributed by atoms with Crippen molar-refractivity contribution in [3.8, 4) is 0 Å². The van der Waals surface area contributed by atoms with Crippen molar-refractivity contribution in [3.63, 3.8) is 0 Å². The fraction of sp³-hybridized carbons (Fsp3) is 0.261. The van der Waals surface area contributed by atoms with Crippen LogP contribution in [-0.4, -0.2) is 36.8 Å². The van der Waals surface area contributed by atoms with E-state index < -0.39 is 9.84 Å². The molecular formula is C23H23NO3S. The van der Waals surface area contributed by atoms with Crippen molar-refractivity contribution in [3.05, 3.63) is 83.9 Å². The molecule has 4 rings (SSSR count). The molecule has 0 bridgehead atoms. The maximum Gasteiger partial charge on any atom is 0.227 e. The second-order valence-corrected chi connectivity index (χ2v) is 9.65. The lowest BCUT2D eigenvalue weighted by molar-refractivity contribution is -0.133. The maximum atomic E-state index is 13.2. The molecule has 3 aromatic rings. The van der Waals surface area contributed by atoms with Crippen molar-refractivity contribution in [1.29, 1.82) is 0 Å². The number of hydrogen-bond donors (Lipinski definition) is 0. The molecule has 1 atom stereocenters. The highest BCUT2D eigenvalue weighted by Gasteiger charge is 2.34. The smallest absolute Gasteiger partial charge is 0.227 e. The summed E-state index contributed by atoms with van der Waals surface area (Å²) in [6.07, 6.45) is 0.785. The molecule has 0 spiro atoms. The monoisotopic (exact) mass is 393 g/mol. The Hall–Kier alpha value is -2.66. The Labute approximate surface area is 165 Å². The van der Waals surface area contributed by atoms with Crippen LogP contribution in [0.1, 0.15) is 17.5 Å². The fourth-order valence-electron chi connectivity index (χ4n) is 3.85. The maximum absolute atomic E-state index is 13.2. The van der Waals surface area contributed by atoms with Gasteiger partial charge in [-0.05, 0) is 28.3 Å². The van der Waals surface area contributed by atoms with Crippen LogP contribution in [0.4, 0.5) is 0 Å². The quantitative estimate of drug-likeness (QED) is 0.666. The SMILES string of the molecule is O=C(Cc1ccc2ccccc2c1)N(Cc1ccccc1)C1CCS(=O)(=O)C1. The zero-order chi connectivity index (χ0) is 19.6. The van der Waals surface area contributed by atoms with Gasteiger partial charge >= 0.3 is 0 Å². The van der Waals surface area contributed by atoms with E-state index in [0.717, 1.165) is 21.9 Å². The van der Waals surface area contributed by atoms with Gasteiger partial charge in [0.05, 0.1) is 17.9 Å². The molecule has 0 radical (unpaired) electrons. The molecule has 1 saturated heterocycles. The first kappa shape index (κ1) is 18.7.